The molecule has 3 aromatic heterocycles. The lowest BCUT2D eigenvalue weighted by Gasteiger charge is -2.25. The van der Waals surface area contributed by atoms with Crippen molar-refractivity contribution in [2.24, 2.45) is 0 Å². The molecule has 182 valence electrons. The lowest BCUT2D eigenvalue weighted by molar-refractivity contribution is 0.0274. The smallest absolute Gasteiger partial charge is 0.261 e. The number of para-hydroxylation sites is 1. The summed E-state index contributed by atoms with van der Waals surface area (Å²) in [6.07, 6.45) is 3.41. The molecular weight excluding hydrogens is 454 g/mol. The maximum absolute atomic E-state index is 13.4. The molecule has 0 aliphatic carbocycles. The molecule has 1 fully saturated rings. The lowest BCUT2D eigenvalue weighted by atomic mass is 10.0. The van der Waals surface area contributed by atoms with Crippen molar-refractivity contribution >= 4 is 27.6 Å². The van der Waals surface area contributed by atoms with Gasteiger partial charge < -0.3 is 25.3 Å². The van der Waals surface area contributed by atoms with E-state index in [2.05, 4.69) is 43.6 Å². The highest BCUT2D eigenvalue weighted by Gasteiger charge is 2.23. The fourth-order valence-electron chi connectivity index (χ4n) is 4.90. The van der Waals surface area contributed by atoms with Crippen LogP contribution in [-0.4, -0.2) is 44.6 Å². The van der Waals surface area contributed by atoms with Crippen molar-refractivity contribution < 1.29 is 4.74 Å². The van der Waals surface area contributed by atoms with E-state index in [0.717, 1.165) is 46.2 Å². The maximum atomic E-state index is 13.4. The molecule has 1 saturated heterocycles. The number of nitrogens with one attached hydrogen (secondary N) is 4. The number of anilines is 1. The Hall–Kier alpha value is -4.08. The molecule has 0 spiro atoms. The topological polar surface area (TPSA) is 121 Å². The number of hydrogen-bond acceptors (Lipinski definition) is 7. The second-order valence-corrected chi connectivity index (χ2v) is 9.05. The van der Waals surface area contributed by atoms with Crippen molar-refractivity contribution in [1.82, 2.24) is 30.2 Å². The molecule has 0 bridgehead atoms. The molecule has 36 heavy (non-hydrogen) atoms. The summed E-state index contributed by atoms with van der Waals surface area (Å²) in [5.74, 6) is 1.14. The van der Waals surface area contributed by atoms with Crippen LogP contribution < -0.4 is 16.2 Å². The Kier molecular flexibility index (Phi) is 5.71. The van der Waals surface area contributed by atoms with Crippen LogP contribution in [0.2, 0.25) is 0 Å². The zero-order valence-corrected chi connectivity index (χ0v) is 20.1. The van der Waals surface area contributed by atoms with Crippen LogP contribution in [0, 0.1) is 6.92 Å². The number of aromatic nitrogens is 5. The molecule has 9 nitrogen and oxygen atoms in total. The van der Waals surface area contributed by atoms with Crippen LogP contribution in [0.3, 0.4) is 0 Å². The van der Waals surface area contributed by atoms with Gasteiger partial charge in [-0.15, -0.1) is 0 Å². The van der Waals surface area contributed by atoms with E-state index < -0.39 is 0 Å². The number of benzene rings is 2. The number of nitrogens with zero attached hydrogens (tertiary/aromatic N) is 3. The summed E-state index contributed by atoms with van der Waals surface area (Å²) >= 11 is 0. The first-order valence-electron chi connectivity index (χ1n) is 12.1. The van der Waals surface area contributed by atoms with Gasteiger partial charge in [-0.25, -0.2) is 15.0 Å². The largest absolute Gasteiger partial charge is 0.374 e. The first-order valence-corrected chi connectivity index (χ1v) is 12.1. The van der Waals surface area contributed by atoms with Crippen LogP contribution in [-0.2, 0) is 4.74 Å². The van der Waals surface area contributed by atoms with Gasteiger partial charge in [-0.1, -0.05) is 24.3 Å². The zero-order valence-electron chi connectivity index (χ0n) is 20.1. The molecule has 5 aromatic rings. The molecule has 4 heterocycles. The monoisotopic (exact) mass is 481 g/mol. The maximum Gasteiger partial charge on any atom is 0.261 e. The average Bonchev–Trinajstić information content (AvgIpc) is 3.34. The third kappa shape index (κ3) is 3.92. The molecule has 2 aromatic carbocycles. The van der Waals surface area contributed by atoms with E-state index in [1.807, 2.05) is 37.3 Å². The summed E-state index contributed by atoms with van der Waals surface area (Å²) in [5, 5.41) is 7.77. The van der Waals surface area contributed by atoms with E-state index in [-0.39, 0.29) is 17.7 Å². The Morgan fingerprint density at radius 3 is 2.72 bits per heavy atom. The number of imidazole rings is 1. The Morgan fingerprint density at radius 2 is 1.92 bits per heavy atom. The molecule has 6 rings (SSSR count). The Balaban J connectivity index is 1.50. The highest BCUT2D eigenvalue weighted by Crippen LogP contribution is 2.34. The standard InChI is InChI=1S/C27H27N7O2/c1-15-17(21-14-28-12-13-36-21)8-9-20-23(15)34-26(32-20)22-24(31-16(2)25-29-10-5-11-30-25)18-6-3-4-7-19(18)33-27(22)35/h3-11,16,21,28H,12-14H2,1-2H3,(H,32,34)(H2,31,33,35). The SMILES string of the molecule is Cc1c(C2CNCCO2)ccc2nc(-c3c(NC(C)c4ncccn4)c4ccccc4[nH]c3=O)[nH]c12. The van der Waals surface area contributed by atoms with Crippen molar-refractivity contribution in [2.45, 2.75) is 26.0 Å². The normalized spacial score (nSPS) is 16.9. The van der Waals surface area contributed by atoms with E-state index in [0.29, 0.717) is 29.5 Å². The van der Waals surface area contributed by atoms with Gasteiger partial charge >= 0.3 is 0 Å². The van der Waals surface area contributed by atoms with Crippen molar-refractivity contribution in [3.63, 3.8) is 0 Å². The second kappa shape index (κ2) is 9.18. The summed E-state index contributed by atoms with van der Waals surface area (Å²) in [4.78, 5) is 33.5. The van der Waals surface area contributed by atoms with Crippen LogP contribution in [0.5, 0.6) is 0 Å². The van der Waals surface area contributed by atoms with E-state index in [1.165, 1.54) is 0 Å². The van der Waals surface area contributed by atoms with Crippen LogP contribution in [0.1, 0.15) is 36.0 Å². The van der Waals surface area contributed by atoms with Gasteiger partial charge in [0.2, 0.25) is 0 Å². The molecule has 0 saturated carbocycles. The van der Waals surface area contributed by atoms with Crippen molar-refractivity contribution in [3.8, 4) is 11.4 Å². The number of hydrogen-bond donors (Lipinski definition) is 4. The van der Waals surface area contributed by atoms with Gasteiger partial charge in [0.15, 0.2) is 0 Å². The quantitative estimate of drug-likeness (QED) is 0.299. The first kappa shape index (κ1) is 22.4. The minimum absolute atomic E-state index is 0.0112. The molecular formula is C27H27N7O2. The van der Waals surface area contributed by atoms with Crippen LogP contribution in [0.15, 0.2) is 59.7 Å². The van der Waals surface area contributed by atoms with Crippen LogP contribution in [0.25, 0.3) is 33.3 Å². The predicted octanol–water partition coefficient (Wildman–Crippen LogP) is 4.00. The van der Waals surface area contributed by atoms with Crippen molar-refractivity contribution in [2.75, 3.05) is 25.0 Å². The summed E-state index contributed by atoms with van der Waals surface area (Å²) in [7, 11) is 0. The zero-order chi connectivity index (χ0) is 24.6. The molecule has 0 radical (unpaired) electrons. The number of rotatable bonds is 5. The predicted molar refractivity (Wildman–Crippen MR) is 140 cm³/mol. The molecule has 0 amide bonds. The molecule has 1 aliphatic rings. The fourth-order valence-corrected chi connectivity index (χ4v) is 4.90. The van der Waals surface area contributed by atoms with Gasteiger partial charge in [0.25, 0.3) is 5.56 Å². The fraction of sp³-hybridized carbons (Fsp3) is 0.259. The van der Waals surface area contributed by atoms with E-state index in [4.69, 9.17) is 9.72 Å². The van der Waals surface area contributed by atoms with Crippen molar-refractivity contribution in [3.05, 3.63) is 82.2 Å². The highest BCUT2D eigenvalue weighted by atomic mass is 16.5. The first-order chi connectivity index (χ1) is 17.6. The summed E-state index contributed by atoms with van der Waals surface area (Å²) in [6.45, 7) is 6.35. The third-order valence-electron chi connectivity index (χ3n) is 6.73. The minimum atomic E-state index is -0.233. The average molecular weight is 482 g/mol. The van der Waals surface area contributed by atoms with E-state index in [1.54, 1.807) is 18.5 Å². The number of ether oxygens (including phenoxy) is 1. The van der Waals surface area contributed by atoms with Gasteiger partial charge in [-0.05, 0) is 43.2 Å². The van der Waals surface area contributed by atoms with Gasteiger partial charge in [-0.3, -0.25) is 4.79 Å². The Morgan fingerprint density at radius 1 is 1.08 bits per heavy atom. The van der Waals surface area contributed by atoms with E-state index in [9.17, 15) is 4.79 Å². The molecule has 2 unspecified atom stereocenters. The number of aromatic amines is 2. The molecule has 9 heteroatoms. The summed E-state index contributed by atoms with van der Waals surface area (Å²) < 4.78 is 5.98. The Bertz CT molecular complexity index is 1600. The van der Waals surface area contributed by atoms with E-state index >= 15 is 0 Å². The van der Waals surface area contributed by atoms with Gasteiger partial charge in [0, 0.05) is 30.9 Å². The molecule has 1 aliphatic heterocycles. The Labute approximate surface area is 207 Å². The number of fused-ring (bicyclic) bond motifs is 2. The number of aryl methyl sites for hydroxylation is 1. The van der Waals surface area contributed by atoms with Crippen LogP contribution >= 0.6 is 0 Å². The number of pyridine rings is 1. The molecule has 2 atom stereocenters. The van der Waals surface area contributed by atoms with Crippen LogP contribution in [0.4, 0.5) is 5.69 Å². The summed E-state index contributed by atoms with van der Waals surface area (Å²) in [5.41, 5.74) is 5.53. The van der Waals surface area contributed by atoms with Gasteiger partial charge in [0.05, 0.1) is 41.0 Å². The number of morpholine rings is 1. The summed E-state index contributed by atoms with van der Waals surface area (Å²) in [6, 6.07) is 13.3. The third-order valence-corrected chi connectivity index (χ3v) is 6.73. The van der Waals surface area contributed by atoms with Crippen molar-refractivity contribution in [1.29, 1.82) is 0 Å². The van der Waals surface area contributed by atoms with Gasteiger partial charge in [0.1, 0.15) is 17.2 Å². The number of H-pyrrole nitrogens is 2. The highest BCUT2D eigenvalue weighted by molar-refractivity contribution is 5.99. The minimum Gasteiger partial charge on any atom is -0.374 e. The second-order valence-electron chi connectivity index (χ2n) is 9.05. The molecule has 4 N–H and O–H groups in total. The van der Waals surface area contributed by atoms with Gasteiger partial charge in [-0.2, -0.15) is 0 Å². The lowest BCUT2D eigenvalue weighted by Crippen LogP contribution is -2.33.